The van der Waals surface area contributed by atoms with Gasteiger partial charge in [-0.2, -0.15) is 0 Å². The molecule has 0 bridgehead atoms. The Labute approximate surface area is 130 Å². The normalized spacial score (nSPS) is 12.5. The van der Waals surface area contributed by atoms with E-state index in [2.05, 4.69) is 5.32 Å². The standard InChI is InChI=1S/C15H12Cl2F3N/c1-21-14(5-8-2-3-10(16)11(17)4-8)15-12(19)6-9(18)7-13(15)20/h2-4,6-7,14,21H,5H2,1H3. The molecule has 21 heavy (non-hydrogen) atoms. The number of hydrogen-bond acceptors (Lipinski definition) is 1. The van der Waals surface area contributed by atoms with Crippen molar-refractivity contribution in [1.82, 2.24) is 5.32 Å². The number of hydrogen-bond donors (Lipinski definition) is 1. The van der Waals surface area contributed by atoms with E-state index in [9.17, 15) is 13.2 Å². The molecule has 0 aromatic heterocycles. The van der Waals surface area contributed by atoms with Gasteiger partial charge in [0, 0.05) is 23.7 Å². The average molecular weight is 334 g/mol. The molecule has 0 heterocycles. The fourth-order valence-corrected chi connectivity index (χ4v) is 2.46. The smallest absolute Gasteiger partial charge is 0.133 e. The molecular weight excluding hydrogens is 322 g/mol. The number of halogens is 5. The molecular formula is C15H12Cl2F3N. The fourth-order valence-electron chi connectivity index (χ4n) is 2.14. The Bertz CT molecular complexity index is 638. The van der Waals surface area contributed by atoms with Crippen LogP contribution in [0.4, 0.5) is 13.2 Å². The van der Waals surface area contributed by atoms with Crippen molar-refractivity contribution in [2.75, 3.05) is 7.05 Å². The maximum Gasteiger partial charge on any atom is 0.133 e. The Balaban J connectivity index is 2.34. The molecule has 2 aromatic rings. The molecule has 1 N–H and O–H groups in total. The van der Waals surface area contributed by atoms with Crippen LogP contribution in [0.25, 0.3) is 0 Å². The second-order valence-electron chi connectivity index (χ2n) is 4.58. The summed E-state index contributed by atoms with van der Waals surface area (Å²) in [4.78, 5) is 0. The molecule has 0 amide bonds. The first kappa shape index (κ1) is 16.1. The average Bonchev–Trinajstić information content (AvgIpc) is 2.40. The Morgan fingerprint density at radius 1 is 1.00 bits per heavy atom. The molecule has 0 aliphatic heterocycles. The third kappa shape index (κ3) is 3.70. The second-order valence-corrected chi connectivity index (χ2v) is 5.39. The van der Waals surface area contributed by atoms with Crippen LogP contribution in [0.3, 0.4) is 0 Å². The summed E-state index contributed by atoms with van der Waals surface area (Å²) in [6.45, 7) is 0. The van der Waals surface area contributed by atoms with Crippen LogP contribution in [-0.4, -0.2) is 7.05 Å². The first-order chi connectivity index (χ1) is 9.92. The molecule has 1 atom stereocenters. The fraction of sp³-hybridized carbons (Fsp3) is 0.200. The summed E-state index contributed by atoms with van der Waals surface area (Å²) in [7, 11) is 1.57. The predicted molar refractivity (Wildman–Crippen MR) is 78.3 cm³/mol. The van der Waals surface area contributed by atoms with E-state index in [1.54, 1.807) is 25.2 Å². The molecule has 0 aliphatic rings. The topological polar surface area (TPSA) is 12.0 Å². The zero-order valence-electron chi connectivity index (χ0n) is 11.1. The lowest BCUT2D eigenvalue weighted by Gasteiger charge is -2.18. The summed E-state index contributed by atoms with van der Waals surface area (Å²) in [6.07, 6.45) is 0.285. The minimum absolute atomic E-state index is 0.204. The van der Waals surface area contributed by atoms with Crippen LogP contribution >= 0.6 is 23.2 Å². The third-order valence-electron chi connectivity index (χ3n) is 3.16. The SMILES string of the molecule is CNC(Cc1ccc(Cl)c(Cl)c1)c1c(F)cc(F)cc1F. The van der Waals surface area contributed by atoms with Gasteiger partial charge in [0.2, 0.25) is 0 Å². The molecule has 0 fully saturated rings. The van der Waals surface area contributed by atoms with E-state index in [0.717, 1.165) is 5.56 Å². The van der Waals surface area contributed by atoms with Crippen molar-refractivity contribution in [2.24, 2.45) is 0 Å². The van der Waals surface area contributed by atoms with Gasteiger partial charge in [-0.1, -0.05) is 29.3 Å². The van der Waals surface area contributed by atoms with Crippen molar-refractivity contribution in [1.29, 1.82) is 0 Å². The quantitative estimate of drug-likeness (QED) is 0.837. The highest BCUT2D eigenvalue weighted by Crippen LogP contribution is 2.28. The first-order valence-corrected chi connectivity index (χ1v) is 6.93. The largest absolute Gasteiger partial charge is 0.313 e. The van der Waals surface area contributed by atoms with Crippen LogP contribution in [-0.2, 0) is 6.42 Å². The summed E-state index contributed by atoms with van der Waals surface area (Å²) < 4.78 is 40.6. The van der Waals surface area contributed by atoms with E-state index >= 15 is 0 Å². The van der Waals surface area contributed by atoms with Crippen molar-refractivity contribution in [2.45, 2.75) is 12.5 Å². The van der Waals surface area contributed by atoms with Crippen molar-refractivity contribution in [3.63, 3.8) is 0 Å². The van der Waals surface area contributed by atoms with E-state index < -0.39 is 23.5 Å². The van der Waals surface area contributed by atoms with Gasteiger partial charge in [-0.05, 0) is 31.2 Å². The lowest BCUT2D eigenvalue weighted by molar-refractivity contribution is 0.475. The molecule has 0 aliphatic carbocycles. The Morgan fingerprint density at radius 3 is 2.14 bits per heavy atom. The van der Waals surface area contributed by atoms with Crippen molar-refractivity contribution in [3.05, 3.63) is 69.0 Å². The number of rotatable bonds is 4. The van der Waals surface area contributed by atoms with Gasteiger partial charge in [-0.25, -0.2) is 13.2 Å². The number of nitrogens with one attached hydrogen (secondary N) is 1. The highest BCUT2D eigenvalue weighted by Gasteiger charge is 2.20. The van der Waals surface area contributed by atoms with E-state index in [1.165, 1.54) is 0 Å². The predicted octanol–water partition coefficient (Wildman–Crippen LogP) is 4.91. The second kappa shape index (κ2) is 6.69. The summed E-state index contributed by atoms with van der Waals surface area (Å²) in [6, 6.07) is 5.65. The maximum atomic E-state index is 13.8. The van der Waals surface area contributed by atoms with E-state index in [1.807, 2.05) is 0 Å². The molecule has 1 nitrogen and oxygen atoms in total. The van der Waals surface area contributed by atoms with Gasteiger partial charge >= 0.3 is 0 Å². The molecule has 0 radical (unpaired) electrons. The molecule has 6 heteroatoms. The van der Waals surface area contributed by atoms with Gasteiger partial charge < -0.3 is 5.32 Å². The minimum atomic E-state index is -0.946. The van der Waals surface area contributed by atoms with Gasteiger partial charge in [0.15, 0.2) is 0 Å². The highest BCUT2D eigenvalue weighted by atomic mass is 35.5. The van der Waals surface area contributed by atoms with Crippen LogP contribution in [0.5, 0.6) is 0 Å². The Morgan fingerprint density at radius 2 is 1.62 bits per heavy atom. The summed E-state index contributed by atoms with van der Waals surface area (Å²) in [5, 5.41) is 3.59. The first-order valence-electron chi connectivity index (χ1n) is 6.18. The van der Waals surface area contributed by atoms with Gasteiger partial charge in [0.05, 0.1) is 10.0 Å². The summed E-state index contributed by atoms with van der Waals surface area (Å²) in [5.74, 6) is -2.79. The molecule has 0 saturated carbocycles. The minimum Gasteiger partial charge on any atom is -0.313 e. The van der Waals surface area contributed by atoms with Gasteiger partial charge in [-0.3, -0.25) is 0 Å². The molecule has 2 rings (SSSR count). The molecule has 2 aromatic carbocycles. The molecule has 1 unspecified atom stereocenters. The van der Waals surface area contributed by atoms with Crippen molar-refractivity contribution in [3.8, 4) is 0 Å². The van der Waals surface area contributed by atoms with Crippen LogP contribution in [0, 0.1) is 17.5 Å². The van der Waals surface area contributed by atoms with Crippen molar-refractivity contribution < 1.29 is 13.2 Å². The van der Waals surface area contributed by atoms with Gasteiger partial charge in [0.1, 0.15) is 17.5 Å². The maximum absolute atomic E-state index is 13.8. The lowest BCUT2D eigenvalue weighted by atomic mass is 9.98. The number of benzene rings is 2. The van der Waals surface area contributed by atoms with Gasteiger partial charge in [-0.15, -0.1) is 0 Å². The van der Waals surface area contributed by atoms with Crippen LogP contribution in [0.2, 0.25) is 10.0 Å². The molecule has 112 valence electrons. The monoisotopic (exact) mass is 333 g/mol. The molecule has 0 saturated heterocycles. The van der Waals surface area contributed by atoms with Crippen LogP contribution < -0.4 is 5.32 Å². The molecule has 0 spiro atoms. The third-order valence-corrected chi connectivity index (χ3v) is 3.90. The van der Waals surface area contributed by atoms with E-state index in [0.29, 0.717) is 22.2 Å². The number of likely N-dealkylation sites (N-methyl/N-ethyl adjacent to an activating group) is 1. The Kier molecular flexibility index (Phi) is 5.14. The van der Waals surface area contributed by atoms with Crippen LogP contribution in [0.1, 0.15) is 17.2 Å². The zero-order valence-corrected chi connectivity index (χ0v) is 12.6. The van der Waals surface area contributed by atoms with E-state index in [-0.39, 0.29) is 12.0 Å². The van der Waals surface area contributed by atoms with Crippen LogP contribution in [0.15, 0.2) is 30.3 Å². The Hall–Kier alpha value is -1.23. The van der Waals surface area contributed by atoms with Crippen molar-refractivity contribution >= 4 is 23.2 Å². The van der Waals surface area contributed by atoms with E-state index in [4.69, 9.17) is 23.2 Å². The van der Waals surface area contributed by atoms with Gasteiger partial charge in [0.25, 0.3) is 0 Å². The summed E-state index contributed by atoms with van der Waals surface area (Å²) >= 11 is 11.7. The zero-order chi connectivity index (χ0) is 15.6. The highest BCUT2D eigenvalue weighted by molar-refractivity contribution is 6.42. The lowest BCUT2D eigenvalue weighted by Crippen LogP contribution is -2.21. The summed E-state index contributed by atoms with van der Waals surface area (Å²) in [5.41, 5.74) is 0.553.